The number of carbonyl (C=O) groups excluding carboxylic acids is 2. The van der Waals surface area contributed by atoms with Crippen molar-refractivity contribution in [2.75, 3.05) is 0 Å². The van der Waals surface area contributed by atoms with Crippen LogP contribution < -0.4 is 0 Å². The van der Waals surface area contributed by atoms with E-state index < -0.39 is 0 Å². The number of fused-ring (bicyclic) bond motifs is 5. The maximum Gasteiger partial charge on any atom is 0.374 e. The second-order valence-electron chi connectivity index (χ2n) is 10.1. The Morgan fingerprint density at radius 2 is 2.03 bits per heavy atom. The molecule has 0 saturated heterocycles. The molecule has 154 valence electrons. The van der Waals surface area contributed by atoms with Gasteiger partial charge in [-0.15, -0.1) is 0 Å². The predicted molar refractivity (Wildman–Crippen MR) is 109 cm³/mol. The van der Waals surface area contributed by atoms with Gasteiger partial charge in [0.05, 0.1) is 6.26 Å². The Morgan fingerprint density at radius 1 is 1.21 bits per heavy atom. The van der Waals surface area contributed by atoms with Crippen LogP contribution in [0.1, 0.15) is 63.4 Å². The number of ketones is 1. The second kappa shape index (κ2) is 6.45. The SMILES string of the molecule is C[C@H]1C[C@H]2[C@@H]3CC[C@@H](OC(=O)c4ccco4)[C@@]3(C)CC[C@@H]2[C@@]2(C)C=CC(=O)C=C12. The van der Waals surface area contributed by atoms with Gasteiger partial charge in [0.25, 0.3) is 0 Å². The molecule has 0 radical (unpaired) electrons. The quantitative estimate of drug-likeness (QED) is 0.634. The van der Waals surface area contributed by atoms with Gasteiger partial charge in [0.2, 0.25) is 5.76 Å². The molecule has 4 heteroatoms. The largest absolute Gasteiger partial charge is 0.457 e. The topological polar surface area (TPSA) is 56.5 Å². The minimum absolute atomic E-state index is 0.0134. The number of allylic oxidation sites excluding steroid dienone is 4. The van der Waals surface area contributed by atoms with E-state index in [1.165, 1.54) is 11.8 Å². The molecule has 1 aromatic rings. The fraction of sp³-hybridized carbons (Fsp3) is 0.600. The minimum atomic E-state index is -0.341. The van der Waals surface area contributed by atoms with Gasteiger partial charge in [0.15, 0.2) is 5.78 Å². The van der Waals surface area contributed by atoms with E-state index in [9.17, 15) is 9.59 Å². The highest BCUT2D eigenvalue weighted by molar-refractivity contribution is 6.01. The maximum absolute atomic E-state index is 12.5. The number of rotatable bonds is 2. The van der Waals surface area contributed by atoms with Crippen LogP contribution in [0.15, 0.2) is 46.6 Å². The van der Waals surface area contributed by atoms with Gasteiger partial charge in [-0.05, 0) is 80.1 Å². The summed E-state index contributed by atoms with van der Waals surface area (Å²) in [6.45, 7) is 6.95. The van der Waals surface area contributed by atoms with E-state index >= 15 is 0 Å². The molecule has 3 fully saturated rings. The minimum Gasteiger partial charge on any atom is -0.457 e. The Morgan fingerprint density at radius 3 is 2.79 bits per heavy atom. The molecule has 0 spiro atoms. The number of carbonyl (C=O) groups is 2. The zero-order chi connectivity index (χ0) is 20.4. The summed E-state index contributed by atoms with van der Waals surface area (Å²) in [7, 11) is 0. The molecule has 0 bridgehead atoms. The number of furan rings is 1. The molecule has 0 unspecified atom stereocenters. The third-order valence-electron chi connectivity index (χ3n) is 8.76. The Kier molecular flexibility index (Phi) is 4.20. The van der Waals surface area contributed by atoms with Crippen molar-refractivity contribution in [2.45, 2.75) is 59.0 Å². The Labute approximate surface area is 172 Å². The summed E-state index contributed by atoms with van der Waals surface area (Å²) in [6, 6.07) is 3.39. The standard InChI is InChI=1S/C25H30O4/c1-15-13-17-18-6-7-22(29-23(27)21-5-4-12-28-21)25(18,3)11-9-19(17)24(2)10-8-16(26)14-20(15)24/h4-5,8,10,12,14-15,17-19,22H,6-7,9,11,13H2,1-3H3/t15-,17-,18-,19-,22+,24+,25-/m0/s1. The number of hydrogen-bond donors (Lipinski definition) is 0. The molecule has 7 atom stereocenters. The highest BCUT2D eigenvalue weighted by Gasteiger charge is 2.60. The van der Waals surface area contributed by atoms with Crippen LogP contribution in [-0.4, -0.2) is 17.9 Å². The first-order chi connectivity index (χ1) is 13.8. The second-order valence-corrected chi connectivity index (χ2v) is 10.1. The molecule has 0 aliphatic heterocycles. The molecule has 0 N–H and O–H groups in total. The number of ether oxygens (including phenoxy) is 1. The van der Waals surface area contributed by atoms with Crippen LogP contribution in [0.4, 0.5) is 0 Å². The third-order valence-corrected chi connectivity index (χ3v) is 8.76. The predicted octanol–water partition coefficient (Wildman–Crippen LogP) is 5.36. The van der Waals surface area contributed by atoms with Gasteiger partial charge in [0, 0.05) is 10.8 Å². The normalized spacial score (nSPS) is 43.2. The first-order valence-corrected chi connectivity index (χ1v) is 11.0. The molecule has 5 rings (SSSR count). The smallest absolute Gasteiger partial charge is 0.374 e. The van der Waals surface area contributed by atoms with E-state index in [0.717, 1.165) is 32.1 Å². The van der Waals surface area contributed by atoms with E-state index in [1.54, 1.807) is 18.2 Å². The molecular weight excluding hydrogens is 364 g/mol. The fourth-order valence-corrected chi connectivity index (χ4v) is 7.34. The molecule has 1 heterocycles. The van der Waals surface area contributed by atoms with Crippen molar-refractivity contribution in [3.05, 3.63) is 48.0 Å². The van der Waals surface area contributed by atoms with Crippen LogP contribution in [0.25, 0.3) is 0 Å². The van der Waals surface area contributed by atoms with Crippen LogP contribution in [0, 0.1) is 34.5 Å². The van der Waals surface area contributed by atoms with Gasteiger partial charge < -0.3 is 9.15 Å². The lowest BCUT2D eigenvalue weighted by Crippen LogP contribution is -2.52. The van der Waals surface area contributed by atoms with Gasteiger partial charge in [-0.3, -0.25) is 4.79 Å². The highest BCUT2D eigenvalue weighted by Crippen LogP contribution is 2.65. The van der Waals surface area contributed by atoms with Gasteiger partial charge in [0.1, 0.15) is 6.10 Å². The molecule has 0 amide bonds. The monoisotopic (exact) mass is 394 g/mol. The Hall–Kier alpha value is -2.10. The van der Waals surface area contributed by atoms with E-state index in [1.807, 2.05) is 6.08 Å². The van der Waals surface area contributed by atoms with Crippen molar-refractivity contribution in [2.24, 2.45) is 34.5 Å². The lowest BCUT2D eigenvalue weighted by Gasteiger charge is -2.58. The van der Waals surface area contributed by atoms with Crippen LogP contribution in [-0.2, 0) is 9.53 Å². The van der Waals surface area contributed by atoms with E-state index in [2.05, 4.69) is 26.8 Å². The molecule has 0 aromatic carbocycles. The average molecular weight is 395 g/mol. The lowest BCUT2D eigenvalue weighted by atomic mass is 9.46. The molecular formula is C25H30O4. The van der Waals surface area contributed by atoms with Crippen LogP contribution in [0.5, 0.6) is 0 Å². The number of hydrogen-bond acceptors (Lipinski definition) is 4. The Bertz CT molecular complexity index is 894. The summed E-state index contributed by atoms with van der Waals surface area (Å²) < 4.78 is 11.2. The van der Waals surface area contributed by atoms with Crippen LogP contribution in [0.3, 0.4) is 0 Å². The molecule has 29 heavy (non-hydrogen) atoms. The van der Waals surface area contributed by atoms with E-state index in [4.69, 9.17) is 9.15 Å². The summed E-state index contributed by atoms with van der Waals surface area (Å²) in [5, 5.41) is 0. The molecule has 1 aromatic heterocycles. The van der Waals surface area contributed by atoms with Crippen molar-refractivity contribution in [3.8, 4) is 0 Å². The van der Waals surface area contributed by atoms with Crippen molar-refractivity contribution in [3.63, 3.8) is 0 Å². The van der Waals surface area contributed by atoms with Crippen LogP contribution in [0.2, 0.25) is 0 Å². The highest BCUT2D eigenvalue weighted by atomic mass is 16.6. The molecule has 3 saturated carbocycles. The summed E-state index contributed by atoms with van der Waals surface area (Å²) in [5.74, 6) is 2.23. The van der Waals surface area contributed by atoms with Crippen molar-refractivity contribution < 1.29 is 18.7 Å². The van der Waals surface area contributed by atoms with Gasteiger partial charge in [-0.1, -0.05) is 32.4 Å². The lowest BCUT2D eigenvalue weighted by molar-refractivity contribution is -0.111. The van der Waals surface area contributed by atoms with Gasteiger partial charge in [-0.2, -0.15) is 0 Å². The van der Waals surface area contributed by atoms with E-state index in [0.29, 0.717) is 23.7 Å². The fourth-order valence-electron chi connectivity index (χ4n) is 7.34. The average Bonchev–Trinajstić information content (AvgIpc) is 3.32. The summed E-state index contributed by atoms with van der Waals surface area (Å²) >= 11 is 0. The summed E-state index contributed by atoms with van der Waals surface area (Å²) in [4.78, 5) is 24.5. The first-order valence-electron chi connectivity index (χ1n) is 11.0. The zero-order valence-corrected chi connectivity index (χ0v) is 17.5. The van der Waals surface area contributed by atoms with Crippen molar-refractivity contribution in [1.29, 1.82) is 0 Å². The van der Waals surface area contributed by atoms with E-state index in [-0.39, 0.29) is 34.4 Å². The van der Waals surface area contributed by atoms with Gasteiger partial charge in [-0.25, -0.2) is 4.79 Å². The zero-order valence-electron chi connectivity index (χ0n) is 17.5. The van der Waals surface area contributed by atoms with Crippen LogP contribution >= 0.6 is 0 Å². The molecule has 4 nitrogen and oxygen atoms in total. The van der Waals surface area contributed by atoms with Crippen molar-refractivity contribution in [1.82, 2.24) is 0 Å². The molecule has 4 aliphatic rings. The number of esters is 1. The summed E-state index contributed by atoms with van der Waals surface area (Å²) in [6.07, 6.45) is 12.7. The first kappa shape index (κ1) is 18.9. The van der Waals surface area contributed by atoms with Gasteiger partial charge >= 0.3 is 5.97 Å². The summed E-state index contributed by atoms with van der Waals surface area (Å²) in [5.41, 5.74) is 1.34. The molecule has 4 aliphatic carbocycles. The Balaban J connectivity index is 1.41. The van der Waals surface area contributed by atoms with Crippen molar-refractivity contribution >= 4 is 11.8 Å². The maximum atomic E-state index is 12.5. The third kappa shape index (κ3) is 2.71.